The molecule has 2 rings (SSSR count). The number of hydrogen-bond acceptors (Lipinski definition) is 3. The van der Waals surface area contributed by atoms with Crippen molar-refractivity contribution in [3.63, 3.8) is 0 Å². The second-order valence-electron chi connectivity index (χ2n) is 3.34. The molecule has 0 amide bonds. The standard InChI is InChI=1S/C11H15NOS/c1-13-10-4-2-3-9(7-10)11-8-12-5-6-14-11/h2-4,7,11-12H,5-6,8H2,1H3/t11-/m1/s1. The molecule has 1 heterocycles. The third-order valence-electron chi connectivity index (χ3n) is 2.39. The van der Waals surface area contributed by atoms with Crippen LogP contribution in [0.3, 0.4) is 0 Å². The van der Waals surface area contributed by atoms with E-state index in [2.05, 4.69) is 23.5 Å². The first-order valence-electron chi connectivity index (χ1n) is 4.86. The summed E-state index contributed by atoms with van der Waals surface area (Å²) in [6, 6.07) is 8.35. The van der Waals surface area contributed by atoms with Crippen LogP contribution in [0.25, 0.3) is 0 Å². The maximum atomic E-state index is 5.22. The van der Waals surface area contributed by atoms with Gasteiger partial charge < -0.3 is 10.1 Å². The largest absolute Gasteiger partial charge is 0.497 e. The molecule has 1 aromatic carbocycles. The summed E-state index contributed by atoms with van der Waals surface area (Å²) in [5.41, 5.74) is 1.36. The van der Waals surface area contributed by atoms with E-state index in [1.807, 2.05) is 17.8 Å². The van der Waals surface area contributed by atoms with Gasteiger partial charge in [-0.2, -0.15) is 11.8 Å². The Kier molecular flexibility index (Phi) is 3.32. The molecule has 1 aliphatic rings. The third kappa shape index (κ3) is 2.22. The summed E-state index contributed by atoms with van der Waals surface area (Å²) in [6.07, 6.45) is 0. The number of nitrogens with one attached hydrogen (secondary N) is 1. The van der Waals surface area contributed by atoms with Crippen molar-refractivity contribution >= 4 is 11.8 Å². The average Bonchev–Trinajstić information content (AvgIpc) is 2.30. The number of hydrogen-bond donors (Lipinski definition) is 1. The van der Waals surface area contributed by atoms with E-state index in [0.717, 1.165) is 18.8 Å². The predicted octanol–water partition coefficient (Wildman–Crippen LogP) is 2.07. The Bertz CT molecular complexity index is 297. The summed E-state index contributed by atoms with van der Waals surface area (Å²) in [7, 11) is 1.71. The van der Waals surface area contributed by atoms with Gasteiger partial charge in [0.25, 0.3) is 0 Å². The molecular weight excluding hydrogens is 194 g/mol. The first kappa shape index (κ1) is 9.87. The minimum absolute atomic E-state index is 0.582. The van der Waals surface area contributed by atoms with E-state index in [4.69, 9.17) is 4.74 Å². The van der Waals surface area contributed by atoms with Crippen molar-refractivity contribution in [1.82, 2.24) is 5.32 Å². The van der Waals surface area contributed by atoms with Gasteiger partial charge in [-0.3, -0.25) is 0 Å². The topological polar surface area (TPSA) is 21.3 Å². The normalized spacial score (nSPS) is 21.9. The maximum Gasteiger partial charge on any atom is 0.119 e. The van der Waals surface area contributed by atoms with Gasteiger partial charge in [0, 0.05) is 24.1 Å². The minimum atomic E-state index is 0.582. The lowest BCUT2D eigenvalue weighted by Crippen LogP contribution is -2.28. The van der Waals surface area contributed by atoms with E-state index < -0.39 is 0 Å². The molecule has 14 heavy (non-hydrogen) atoms. The van der Waals surface area contributed by atoms with Crippen LogP contribution in [0.15, 0.2) is 24.3 Å². The maximum absolute atomic E-state index is 5.22. The molecule has 76 valence electrons. The Hall–Kier alpha value is -0.670. The molecule has 2 nitrogen and oxygen atoms in total. The van der Waals surface area contributed by atoms with Gasteiger partial charge in [0.05, 0.1) is 7.11 Å². The van der Waals surface area contributed by atoms with Crippen LogP contribution in [0.5, 0.6) is 5.75 Å². The molecule has 1 aliphatic heterocycles. The van der Waals surface area contributed by atoms with Crippen LogP contribution in [0.1, 0.15) is 10.8 Å². The highest BCUT2D eigenvalue weighted by Gasteiger charge is 2.15. The lowest BCUT2D eigenvalue weighted by Gasteiger charge is -2.22. The highest BCUT2D eigenvalue weighted by Crippen LogP contribution is 2.31. The summed E-state index contributed by atoms with van der Waals surface area (Å²) in [4.78, 5) is 0. The summed E-state index contributed by atoms with van der Waals surface area (Å²) < 4.78 is 5.22. The first-order chi connectivity index (χ1) is 6.90. The smallest absolute Gasteiger partial charge is 0.119 e. The van der Waals surface area contributed by atoms with Crippen molar-refractivity contribution in [3.05, 3.63) is 29.8 Å². The molecule has 1 atom stereocenters. The number of thioether (sulfide) groups is 1. The van der Waals surface area contributed by atoms with E-state index in [-0.39, 0.29) is 0 Å². The average molecular weight is 209 g/mol. The summed E-state index contributed by atoms with van der Waals surface area (Å²) in [5, 5.41) is 3.99. The van der Waals surface area contributed by atoms with E-state index in [1.54, 1.807) is 7.11 Å². The molecule has 0 aromatic heterocycles. The Balaban J connectivity index is 2.13. The van der Waals surface area contributed by atoms with Gasteiger partial charge in [0.15, 0.2) is 0 Å². The van der Waals surface area contributed by atoms with Gasteiger partial charge in [-0.05, 0) is 17.7 Å². The molecule has 0 radical (unpaired) electrons. The zero-order chi connectivity index (χ0) is 9.80. The monoisotopic (exact) mass is 209 g/mol. The fourth-order valence-electron chi connectivity index (χ4n) is 1.62. The third-order valence-corrected chi connectivity index (χ3v) is 3.67. The van der Waals surface area contributed by atoms with Crippen LogP contribution >= 0.6 is 11.8 Å². The Morgan fingerprint density at radius 1 is 1.50 bits per heavy atom. The van der Waals surface area contributed by atoms with Crippen molar-refractivity contribution in [3.8, 4) is 5.75 Å². The molecule has 0 unspecified atom stereocenters. The van der Waals surface area contributed by atoms with Gasteiger partial charge in [0.2, 0.25) is 0 Å². The zero-order valence-corrected chi connectivity index (χ0v) is 9.14. The molecule has 3 heteroatoms. The highest BCUT2D eigenvalue weighted by molar-refractivity contribution is 7.99. The van der Waals surface area contributed by atoms with Crippen LogP contribution < -0.4 is 10.1 Å². The molecule has 1 aromatic rings. The first-order valence-corrected chi connectivity index (χ1v) is 5.91. The quantitative estimate of drug-likeness (QED) is 0.805. The van der Waals surface area contributed by atoms with Gasteiger partial charge in [-0.15, -0.1) is 0 Å². The molecule has 1 N–H and O–H groups in total. The summed E-state index contributed by atoms with van der Waals surface area (Å²) in [6.45, 7) is 2.20. The summed E-state index contributed by atoms with van der Waals surface area (Å²) >= 11 is 2.02. The molecule has 1 fully saturated rings. The van der Waals surface area contributed by atoms with Gasteiger partial charge >= 0.3 is 0 Å². The van der Waals surface area contributed by atoms with Crippen LogP contribution in [0.2, 0.25) is 0 Å². The van der Waals surface area contributed by atoms with Crippen LogP contribution in [-0.4, -0.2) is 26.0 Å². The molecule has 0 spiro atoms. The second-order valence-corrected chi connectivity index (χ2v) is 4.65. The van der Waals surface area contributed by atoms with Crippen molar-refractivity contribution in [2.45, 2.75) is 5.25 Å². The Morgan fingerprint density at radius 2 is 2.43 bits per heavy atom. The lowest BCUT2D eigenvalue weighted by atomic mass is 10.1. The molecular formula is C11H15NOS. The highest BCUT2D eigenvalue weighted by atomic mass is 32.2. The number of ether oxygens (including phenoxy) is 1. The zero-order valence-electron chi connectivity index (χ0n) is 8.32. The molecule has 0 bridgehead atoms. The van der Waals surface area contributed by atoms with E-state index >= 15 is 0 Å². The minimum Gasteiger partial charge on any atom is -0.497 e. The van der Waals surface area contributed by atoms with E-state index in [0.29, 0.717) is 5.25 Å². The fraction of sp³-hybridized carbons (Fsp3) is 0.455. The molecule has 0 aliphatic carbocycles. The predicted molar refractivity (Wildman–Crippen MR) is 61.1 cm³/mol. The molecule has 1 saturated heterocycles. The van der Waals surface area contributed by atoms with E-state index in [1.165, 1.54) is 11.3 Å². The van der Waals surface area contributed by atoms with Gasteiger partial charge in [0.1, 0.15) is 5.75 Å². The molecule has 0 saturated carbocycles. The van der Waals surface area contributed by atoms with Crippen molar-refractivity contribution in [2.24, 2.45) is 0 Å². The number of methoxy groups -OCH3 is 1. The van der Waals surface area contributed by atoms with Gasteiger partial charge in [-0.1, -0.05) is 12.1 Å². The Labute approximate surface area is 89.0 Å². The van der Waals surface area contributed by atoms with Crippen molar-refractivity contribution in [2.75, 3.05) is 26.0 Å². The Morgan fingerprint density at radius 3 is 3.14 bits per heavy atom. The van der Waals surface area contributed by atoms with Crippen LogP contribution in [-0.2, 0) is 0 Å². The lowest BCUT2D eigenvalue weighted by molar-refractivity contribution is 0.414. The van der Waals surface area contributed by atoms with E-state index in [9.17, 15) is 0 Å². The number of benzene rings is 1. The van der Waals surface area contributed by atoms with Crippen molar-refractivity contribution in [1.29, 1.82) is 0 Å². The van der Waals surface area contributed by atoms with Gasteiger partial charge in [-0.25, -0.2) is 0 Å². The summed E-state index contributed by atoms with van der Waals surface area (Å²) in [5.74, 6) is 2.15. The van der Waals surface area contributed by atoms with Crippen LogP contribution in [0.4, 0.5) is 0 Å². The van der Waals surface area contributed by atoms with Crippen molar-refractivity contribution < 1.29 is 4.74 Å². The number of rotatable bonds is 2. The fourth-order valence-corrected chi connectivity index (χ4v) is 2.74. The SMILES string of the molecule is COc1cccc([C@H]2CNCCS2)c1. The van der Waals surface area contributed by atoms with Crippen LogP contribution in [0, 0.1) is 0 Å². The second kappa shape index (κ2) is 4.71.